The second kappa shape index (κ2) is 9.64. The Hall–Kier alpha value is -2.73. The normalized spacial score (nSPS) is 17.7. The monoisotopic (exact) mass is 494 g/mol. The van der Waals surface area contributed by atoms with Gasteiger partial charge in [0.15, 0.2) is 0 Å². The summed E-state index contributed by atoms with van der Waals surface area (Å²) in [5.41, 5.74) is 0.432. The van der Waals surface area contributed by atoms with Gasteiger partial charge in [-0.1, -0.05) is 11.6 Å². The van der Waals surface area contributed by atoms with Crippen LogP contribution in [0, 0.1) is 10.1 Å². The van der Waals surface area contributed by atoms with E-state index in [1.54, 1.807) is 21.9 Å². The number of nitrogens with zero attached hydrogens (tertiary/aromatic N) is 4. The number of nitro groups is 1. The molecule has 12 heteroatoms. The lowest BCUT2D eigenvalue weighted by atomic mass is 10.1. The Balaban J connectivity index is 1.50. The first-order valence-electron chi connectivity index (χ1n) is 10.4. The molecule has 2 aliphatic heterocycles. The number of rotatable bonds is 5. The number of carbonyl (C=O) groups is 1. The summed E-state index contributed by atoms with van der Waals surface area (Å²) in [6.07, 6.45) is 0. The number of hydrogen-bond donors (Lipinski definition) is 0. The summed E-state index contributed by atoms with van der Waals surface area (Å²) >= 11 is 5.85. The summed E-state index contributed by atoms with van der Waals surface area (Å²) in [4.78, 5) is 27.5. The van der Waals surface area contributed by atoms with E-state index < -0.39 is 14.9 Å². The third-order valence-electron chi connectivity index (χ3n) is 5.75. The molecule has 0 aliphatic carbocycles. The van der Waals surface area contributed by atoms with E-state index in [2.05, 4.69) is 0 Å². The van der Waals surface area contributed by atoms with E-state index in [1.165, 1.54) is 34.6 Å². The van der Waals surface area contributed by atoms with Crippen molar-refractivity contribution in [1.82, 2.24) is 9.21 Å². The largest absolute Gasteiger partial charge is 0.378 e. The number of piperazine rings is 1. The van der Waals surface area contributed by atoms with Crippen molar-refractivity contribution in [3.8, 4) is 0 Å². The molecule has 0 N–H and O–H groups in total. The van der Waals surface area contributed by atoms with Crippen LogP contribution in [-0.4, -0.2) is 80.9 Å². The first kappa shape index (κ1) is 23.4. The topological polar surface area (TPSA) is 113 Å². The van der Waals surface area contributed by atoms with Crippen LogP contribution >= 0.6 is 11.6 Å². The highest BCUT2D eigenvalue weighted by molar-refractivity contribution is 7.89. The number of ether oxygens (including phenoxy) is 1. The fourth-order valence-electron chi connectivity index (χ4n) is 3.94. The number of benzene rings is 2. The summed E-state index contributed by atoms with van der Waals surface area (Å²) in [5.74, 6) is -0.271. The van der Waals surface area contributed by atoms with E-state index in [9.17, 15) is 23.3 Å². The molecule has 0 bridgehead atoms. The maximum atomic E-state index is 12.9. The van der Waals surface area contributed by atoms with Crippen molar-refractivity contribution in [2.24, 2.45) is 0 Å². The molecule has 10 nitrogen and oxygen atoms in total. The molecule has 176 valence electrons. The molecule has 2 aromatic rings. The zero-order valence-corrected chi connectivity index (χ0v) is 19.3. The van der Waals surface area contributed by atoms with Crippen molar-refractivity contribution >= 4 is 38.9 Å². The van der Waals surface area contributed by atoms with Crippen LogP contribution in [0.1, 0.15) is 10.4 Å². The molecule has 0 unspecified atom stereocenters. The van der Waals surface area contributed by atoms with Gasteiger partial charge in [-0.25, -0.2) is 8.42 Å². The Morgan fingerprint density at radius 1 is 0.970 bits per heavy atom. The standard InChI is InChI=1S/C21H23ClN4O6S/c22-17-2-4-18(5-3-17)33(30,31)25-9-7-23(8-10-25)19-6-1-16(15-20(19)26(28)29)21(27)24-11-13-32-14-12-24/h1-6,15H,7-14H2. The number of morpholine rings is 1. The van der Waals surface area contributed by atoms with Gasteiger partial charge < -0.3 is 14.5 Å². The first-order valence-corrected chi connectivity index (χ1v) is 12.3. The molecular weight excluding hydrogens is 472 g/mol. The van der Waals surface area contributed by atoms with Crippen LogP contribution < -0.4 is 4.90 Å². The molecule has 0 saturated carbocycles. The predicted octanol–water partition coefficient (Wildman–Crippen LogP) is 2.23. The Morgan fingerprint density at radius 2 is 1.61 bits per heavy atom. The number of carbonyl (C=O) groups excluding carboxylic acids is 1. The van der Waals surface area contributed by atoms with E-state index in [4.69, 9.17) is 16.3 Å². The quantitative estimate of drug-likeness (QED) is 0.462. The third-order valence-corrected chi connectivity index (χ3v) is 7.91. The molecule has 0 atom stereocenters. The maximum absolute atomic E-state index is 12.9. The molecule has 2 fully saturated rings. The predicted molar refractivity (Wildman–Crippen MR) is 122 cm³/mol. The minimum Gasteiger partial charge on any atom is -0.378 e. The van der Waals surface area contributed by atoms with Gasteiger partial charge in [0, 0.05) is 55.9 Å². The Labute approximate surface area is 196 Å². The fourth-order valence-corrected chi connectivity index (χ4v) is 5.49. The van der Waals surface area contributed by atoms with Crippen molar-refractivity contribution in [2.75, 3.05) is 57.4 Å². The average Bonchev–Trinajstić information content (AvgIpc) is 2.84. The second-order valence-electron chi connectivity index (χ2n) is 7.71. The van der Waals surface area contributed by atoms with Gasteiger partial charge in [-0.2, -0.15) is 4.31 Å². The van der Waals surface area contributed by atoms with Gasteiger partial charge >= 0.3 is 0 Å². The van der Waals surface area contributed by atoms with Crippen LogP contribution in [0.4, 0.5) is 11.4 Å². The van der Waals surface area contributed by atoms with E-state index in [1.807, 2.05) is 0 Å². The van der Waals surface area contributed by atoms with Crippen LogP contribution in [0.5, 0.6) is 0 Å². The highest BCUT2D eigenvalue weighted by Gasteiger charge is 2.31. The maximum Gasteiger partial charge on any atom is 0.293 e. The van der Waals surface area contributed by atoms with Crippen molar-refractivity contribution in [3.63, 3.8) is 0 Å². The molecule has 33 heavy (non-hydrogen) atoms. The van der Waals surface area contributed by atoms with Gasteiger partial charge in [0.05, 0.1) is 23.0 Å². The van der Waals surface area contributed by atoms with Crippen molar-refractivity contribution in [3.05, 3.63) is 63.2 Å². The zero-order valence-electron chi connectivity index (χ0n) is 17.7. The summed E-state index contributed by atoms with van der Waals surface area (Å²) in [7, 11) is -3.69. The van der Waals surface area contributed by atoms with E-state index in [0.29, 0.717) is 37.0 Å². The molecule has 2 saturated heterocycles. The molecule has 2 aliphatic rings. The number of amides is 1. The average molecular weight is 495 g/mol. The van der Waals surface area contributed by atoms with Crippen LogP contribution in [0.15, 0.2) is 47.4 Å². The Kier molecular flexibility index (Phi) is 6.84. The summed E-state index contributed by atoms with van der Waals surface area (Å²) in [6.45, 7) is 2.68. The second-order valence-corrected chi connectivity index (χ2v) is 10.1. The van der Waals surface area contributed by atoms with E-state index in [0.717, 1.165) is 0 Å². The smallest absolute Gasteiger partial charge is 0.293 e. The fraction of sp³-hybridized carbons (Fsp3) is 0.381. The van der Waals surface area contributed by atoms with E-state index in [-0.39, 0.29) is 48.2 Å². The number of hydrogen-bond acceptors (Lipinski definition) is 7. The molecule has 0 spiro atoms. The lowest BCUT2D eigenvalue weighted by Gasteiger charge is -2.35. The van der Waals surface area contributed by atoms with Crippen LogP contribution in [0.25, 0.3) is 0 Å². The highest BCUT2D eigenvalue weighted by Crippen LogP contribution is 2.31. The van der Waals surface area contributed by atoms with Gasteiger partial charge in [-0.3, -0.25) is 14.9 Å². The summed E-state index contributed by atoms with van der Waals surface area (Å²) < 4.78 is 32.4. The SMILES string of the molecule is O=C(c1ccc(N2CCN(S(=O)(=O)c3ccc(Cl)cc3)CC2)c([N+](=O)[O-])c1)N1CCOCC1. The molecule has 0 radical (unpaired) electrons. The molecule has 4 rings (SSSR count). The van der Waals surface area contributed by atoms with E-state index >= 15 is 0 Å². The summed E-state index contributed by atoms with van der Waals surface area (Å²) in [6, 6.07) is 10.4. The Bertz CT molecular complexity index is 1140. The van der Waals surface area contributed by atoms with Gasteiger partial charge in [0.2, 0.25) is 10.0 Å². The van der Waals surface area contributed by atoms with Crippen molar-refractivity contribution < 1.29 is 22.9 Å². The third kappa shape index (κ3) is 4.96. The Morgan fingerprint density at radius 3 is 2.21 bits per heavy atom. The minimum absolute atomic E-state index is 0.150. The van der Waals surface area contributed by atoms with Crippen molar-refractivity contribution in [1.29, 1.82) is 0 Å². The zero-order chi connectivity index (χ0) is 23.6. The van der Waals surface area contributed by atoms with Gasteiger partial charge in [0.25, 0.3) is 11.6 Å². The molecule has 2 heterocycles. The van der Waals surface area contributed by atoms with Crippen LogP contribution in [-0.2, 0) is 14.8 Å². The van der Waals surface area contributed by atoms with Gasteiger partial charge in [-0.15, -0.1) is 0 Å². The van der Waals surface area contributed by atoms with Gasteiger partial charge in [0.1, 0.15) is 5.69 Å². The first-order chi connectivity index (χ1) is 15.8. The number of halogens is 1. The van der Waals surface area contributed by atoms with Crippen molar-refractivity contribution in [2.45, 2.75) is 4.90 Å². The van der Waals surface area contributed by atoms with Crippen LogP contribution in [0.3, 0.4) is 0 Å². The van der Waals surface area contributed by atoms with Crippen LogP contribution in [0.2, 0.25) is 5.02 Å². The lowest BCUT2D eigenvalue weighted by Crippen LogP contribution is -2.48. The van der Waals surface area contributed by atoms with Gasteiger partial charge in [-0.05, 0) is 36.4 Å². The molecule has 2 aromatic carbocycles. The highest BCUT2D eigenvalue weighted by atomic mass is 35.5. The number of sulfonamides is 1. The number of anilines is 1. The molecular formula is C21H23ClN4O6S. The molecule has 0 aromatic heterocycles. The molecule has 1 amide bonds. The number of nitro benzene ring substituents is 1. The lowest BCUT2D eigenvalue weighted by molar-refractivity contribution is -0.384. The summed E-state index contributed by atoms with van der Waals surface area (Å²) in [5, 5.41) is 12.2. The minimum atomic E-state index is -3.69.